The van der Waals surface area contributed by atoms with Crippen molar-refractivity contribution in [2.45, 2.75) is 90.6 Å². The lowest BCUT2D eigenvalue weighted by Crippen LogP contribution is -2.61. The number of piperidine rings is 1. The molecule has 0 radical (unpaired) electrons. The van der Waals surface area contributed by atoms with Crippen LogP contribution in [0.25, 0.3) is 0 Å². The predicted octanol–water partition coefficient (Wildman–Crippen LogP) is 5.24. The zero-order valence-electron chi connectivity index (χ0n) is 19.5. The minimum Gasteiger partial charge on any atom is -0.353 e. The Kier molecular flexibility index (Phi) is 5.08. The van der Waals surface area contributed by atoms with Crippen LogP contribution >= 0.6 is 11.3 Å². The van der Waals surface area contributed by atoms with Crippen LogP contribution in [0.2, 0.25) is 0 Å². The lowest BCUT2D eigenvalue weighted by Gasteiger charge is -2.60. The van der Waals surface area contributed by atoms with Gasteiger partial charge in [-0.25, -0.2) is 0 Å². The number of nitrogens with one attached hydrogen (secondary N) is 2. The average Bonchev–Trinajstić information content (AvgIpc) is 3.36. The highest BCUT2D eigenvalue weighted by Gasteiger charge is 2.61. The third kappa shape index (κ3) is 3.29. The van der Waals surface area contributed by atoms with Crippen LogP contribution in [0.4, 0.5) is 0 Å². The second kappa shape index (κ2) is 7.33. The molecule has 0 unspecified atom stereocenters. The van der Waals surface area contributed by atoms with E-state index >= 15 is 0 Å². The minimum absolute atomic E-state index is 0.109. The highest BCUT2D eigenvalue weighted by atomic mass is 32.1. The summed E-state index contributed by atoms with van der Waals surface area (Å²) in [5, 5.41) is 8.82. The van der Waals surface area contributed by atoms with Crippen LogP contribution in [0.3, 0.4) is 0 Å². The van der Waals surface area contributed by atoms with Crippen molar-refractivity contribution < 1.29 is 9.59 Å². The fourth-order valence-corrected chi connectivity index (χ4v) is 9.03. The van der Waals surface area contributed by atoms with Gasteiger partial charge in [0.05, 0.1) is 5.54 Å². The minimum atomic E-state index is -0.317. The normalized spacial score (nSPS) is 42.2. The molecule has 3 aliphatic carbocycles. The first-order valence-electron chi connectivity index (χ1n) is 12.3. The molecule has 2 amide bonds. The summed E-state index contributed by atoms with van der Waals surface area (Å²) in [5.41, 5.74) is 0.0281. The number of rotatable bonds is 3. The zero-order chi connectivity index (χ0) is 22.0. The van der Waals surface area contributed by atoms with E-state index in [1.54, 1.807) is 11.3 Å². The Morgan fingerprint density at radius 3 is 2.61 bits per heavy atom. The summed E-state index contributed by atoms with van der Waals surface area (Å²) in [7, 11) is 0. The fraction of sp³-hybridized carbons (Fsp3) is 0.769. The molecular formula is C26H38N2O2S. The predicted molar refractivity (Wildman–Crippen MR) is 125 cm³/mol. The number of fused-ring (bicyclic) bond motifs is 5. The van der Waals surface area contributed by atoms with Gasteiger partial charge in [0.25, 0.3) is 0 Å². The molecule has 1 saturated heterocycles. The van der Waals surface area contributed by atoms with Gasteiger partial charge in [-0.15, -0.1) is 11.3 Å². The van der Waals surface area contributed by atoms with Gasteiger partial charge in [-0.3, -0.25) is 9.59 Å². The van der Waals surface area contributed by atoms with Crippen molar-refractivity contribution in [1.29, 1.82) is 0 Å². The van der Waals surface area contributed by atoms with Gasteiger partial charge in [0.15, 0.2) is 0 Å². The second-order valence-corrected chi connectivity index (χ2v) is 12.8. The molecule has 1 aliphatic heterocycles. The second-order valence-electron chi connectivity index (χ2n) is 11.8. The third-order valence-electron chi connectivity index (χ3n) is 9.98. The van der Waals surface area contributed by atoms with Crippen LogP contribution in [-0.4, -0.2) is 17.9 Å². The molecule has 5 rings (SSSR count). The van der Waals surface area contributed by atoms with Crippen molar-refractivity contribution in [2.75, 3.05) is 0 Å². The number of thiophene rings is 1. The van der Waals surface area contributed by atoms with Crippen molar-refractivity contribution in [3.05, 3.63) is 22.4 Å². The van der Waals surface area contributed by atoms with Crippen molar-refractivity contribution in [3.8, 4) is 0 Å². The van der Waals surface area contributed by atoms with Crippen LogP contribution in [0, 0.1) is 34.5 Å². The van der Waals surface area contributed by atoms with Crippen molar-refractivity contribution in [2.24, 2.45) is 34.5 Å². The maximum Gasteiger partial charge on any atom is 0.224 e. The topological polar surface area (TPSA) is 58.2 Å². The summed E-state index contributed by atoms with van der Waals surface area (Å²) in [6.07, 6.45) is 8.59. The molecule has 0 aromatic carbocycles. The third-order valence-corrected chi connectivity index (χ3v) is 11.2. The Morgan fingerprint density at radius 1 is 1.10 bits per heavy atom. The summed E-state index contributed by atoms with van der Waals surface area (Å²) in [6.45, 7) is 9.11. The van der Waals surface area contributed by atoms with Gasteiger partial charge in [-0.2, -0.15) is 0 Å². The molecule has 0 spiro atoms. The van der Waals surface area contributed by atoms with Crippen LogP contribution < -0.4 is 10.6 Å². The zero-order valence-corrected chi connectivity index (χ0v) is 20.3. The molecule has 170 valence electrons. The molecular weight excluding hydrogens is 404 g/mol. The highest BCUT2D eigenvalue weighted by molar-refractivity contribution is 7.10. The van der Waals surface area contributed by atoms with Gasteiger partial charge < -0.3 is 10.6 Å². The van der Waals surface area contributed by atoms with Crippen LogP contribution in [-0.2, 0) is 15.1 Å². The number of hydrogen-bond acceptors (Lipinski definition) is 3. The molecule has 7 atom stereocenters. The molecule has 1 aromatic heterocycles. The summed E-state index contributed by atoms with van der Waals surface area (Å²) < 4.78 is 0. The fourth-order valence-electron chi connectivity index (χ4n) is 8.22. The Hall–Kier alpha value is -1.36. The SMILES string of the molecule is CC(C)(NC(=O)[C@H]1CC[C@H]2[C@@H]3CC[C@H]4NC(=O)CC[C@]4(C)[C@H]3CC[C@]12C)c1cccs1. The standard InChI is InChI=1S/C26H38N2O2S/c1-24(2,21-6-5-15-31-21)28-23(30)19-9-8-17-16-7-10-20-26(4,14-12-22(29)27-20)18(16)11-13-25(17,19)3/h5-6,15-20H,7-14H2,1-4H3,(H,27,29)(H,28,30)/t16-,17-,18-,19+,20+,25-,26+/m0/s1. The Bertz CT molecular complexity index is 865. The molecule has 4 fully saturated rings. The molecule has 4 nitrogen and oxygen atoms in total. The van der Waals surface area contributed by atoms with Crippen molar-refractivity contribution >= 4 is 23.2 Å². The van der Waals surface area contributed by atoms with Crippen LogP contribution in [0.1, 0.15) is 83.9 Å². The Labute approximate surface area is 190 Å². The largest absolute Gasteiger partial charge is 0.353 e. The quantitative estimate of drug-likeness (QED) is 0.673. The average molecular weight is 443 g/mol. The van der Waals surface area contributed by atoms with E-state index in [2.05, 4.69) is 55.8 Å². The van der Waals surface area contributed by atoms with E-state index in [0.29, 0.717) is 30.2 Å². The van der Waals surface area contributed by atoms with Crippen LogP contribution in [0.15, 0.2) is 17.5 Å². The monoisotopic (exact) mass is 442 g/mol. The first-order valence-corrected chi connectivity index (χ1v) is 13.2. The molecule has 3 saturated carbocycles. The van der Waals surface area contributed by atoms with Gasteiger partial charge in [-0.05, 0) is 98.8 Å². The van der Waals surface area contributed by atoms with Gasteiger partial charge in [0.2, 0.25) is 11.8 Å². The molecule has 5 heteroatoms. The molecule has 4 aliphatic rings. The van der Waals surface area contributed by atoms with E-state index in [9.17, 15) is 9.59 Å². The lowest BCUT2D eigenvalue weighted by molar-refractivity contribution is -0.142. The summed E-state index contributed by atoms with van der Waals surface area (Å²) in [6, 6.07) is 4.54. The van der Waals surface area contributed by atoms with E-state index in [-0.39, 0.29) is 34.1 Å². The molecule has 31 heavy (non-hydrogen) atoms. The first kappa shape index (κ1) is 21.5. The van der Waals surface area contributed by atoms with E-state index in [1.807, 2.05) is 0 Å². The number of hydrogen-bond donors (Lipinski definition) is 2. The maximum atomic E-state index is 13.5. The van der Waals surface area contributed by atoms with Gasteiger partial charge in [0.1, 0.15) is 0 Å². The smallest absolute Gasteiger partial charge is 0.224 e. The van der Waals surface area contributed by atoms with E-state index in [0.717, 1.165) is 25.7 Å². The van der Waals surface area contributed by atoms with Crippen LogP contribution in [0.5, 0.6) is 0 Å². The van der Waals surface area contributed by atoms with E-state index in [1.165, 1.54) is 24.1 Å². The van der Waals surface area contributed by atoms with Gasteiger partial charge >= 0.3 is 0 Å². The number of carbonyl (C=O) groups excluding carboxylic acids is 2. The van der Waals surface area contributed by atoms with E-state index < -0.39 is 0 Å². The van der Waals surface area contributed by atoms with Crippen molar-refractivity contribution in [1.82, 2.24) is 10.6 Å². The lowest BCUT2D eigenvalue weighted by atomic mass is 9.47. The number of carbonyl (C=O) groups is 2. The Morgan fingerprint density at radius 2 is 1.87 bits per heavy atom. The molecule has 2 N–H and O–H groups in total. The first-order chi connectivity index (χ1) is 14.6. The van der Waals surface area contributed by atoms with Gasteiger partial charge in [0, 0.05) is 23.3 Å². The molecule has 1 aromatic rings. The summed E-state index contributed by atoms with van der Waals surface area (Å²) in [5.74, 6) is 2.66. The van der Waals surface area contributed by atoms with Gasteiger partial charge in [-0.1, -0.05) is 19.9 Å². The number of amides is 2. The summed E-state index contributed by atoms with van der Waals surface area (Å²) in [4.78, 5) is 26.8. The molecule has 2 heterocycles. The summed E-state index contributed by atoms with van der Waals surface area (Å²) >= 11 is 1.72. The van der Waals surface area contributed by atoms with E-state index in [4.69, 9.17) is 0 Å². The molecule has 0 bridgehead atoms. The Balaban J connectivity index is 1.34. The maximum absolute atomic E-state index is 13.5. The highest BCUT2D eigenvalue weighted by Crippen LogP contribution is 2.65. The van der Waals surface area contributed by atoms with Crippen molar-refractivity contribution in [3.63, 3.8) is 0 Å².